The maximum Gasteiger partial charge on any atom is 0.418 e. The van der Waals surface area contributed by atoms with E-state index in [-0.39, 0.29) is 18.5 Å². The highest BCUT2D eigenvalue weighted by Gasteiger charge is 2.34. The predicted octanol–water partition coefficient (Wildman–Crippen LogP) is 5.45. The number of aromatic amines is 1. The van der Waals surface area contributed by atoms with Crippen LogP contribution in [0.4, 0.5) is 13.2 Å². The maximum atomic E-state index is 13.2. The molecule has 1 aromatic heterocycles. The molecule has 0 bridgehead atoms. The third-order valence-corrected chi connectivity index (χ3v) is 4.80. The van der Waals surface area contributed by atoms with Crippen molar-refractivity contribution in [2.24, 2.45) is 0 Å². The van der Waals surface area contributed by atoms with Gasteiger partial charge in [0.25, 0.3) is 0 Å². The van der Waals surface area contributed by atoms with E-state index in [1.54, 1.807) is 54.6 Å². The van der Waals surface area contributed by atoms with Gasteiger partial charge >= 0.3 is 12.1 Å². The van der Waals surface area contributed by atoms with Gasteiger partial charge in [-0.05, 0) is 29.3 Å². The number of H-pyrrole nitrogens is 1. The number of rotatable bonds is 6. The Hall–Kier alpha value is -3.81. The molecule has 0 aliphatic carbocycles. The van der Waals surface area contributed by atoms with Crippen LogP contribution < -0.4 is 4.74 Å². The molecule has 0 saturated carbocycles. The molecule has 158 valence electrons. The number of nitrogens with one attached hydrogen (secondary N) is 1. The zero-order chi connectivity index (χ0) is 22.0. The molecule has 31 heavy (non-hydrogen) atoms. The summed E-state index contributed by atoms with van der Waals surface area (Å²) in [7, 11) is 0. The smallest absolute Gasteiger partial charge is 0.418 e. The second kappa shape index (κ2) is 8.14. The molecule has 0 aliphatic heterocycles. The minimum atomic E-state index is -4.49. The Morgan fingerprint density at radius 3 is 2.42 bits per heavy atom. The quantitative estimate of drug-likeness (QED) is 0.430. The number of fused-ring (bicyclic) bond motifs is 1. The van der Waals surface area contributed by atoms with E-state index >= 15 is 0 Å². The van der Waals surface area contributed by atoms with Gasteiger partial charge < -0.3 is 9.84 Å². The maximum absolute atomic E-state index is 13.2. The third-order valence-electron chi connectivity index (χ3n) is 4.80. The van der Waals surface area contributed by atoms with Gasteiger partial charge in [-0.1, -0.05) is 48.5 Å². The number of aliphatic carboxylic acids is 1. The van der Waals surface area contributed by atoms with E-state index in [1.807, 2.05) is 0 Å². The van der Waals surface area contributed by atoms with E-state index in [9.17, 15) is 18.0 Å². The first-order valence-corrected chi connectivity index (χ1v) is 9.38. The number of benzene rings is 3. The van der Waals surface area contributed by atoms with Crippen LogP contribution in [0.1, 0.15) is 16.7 Å². The summed E-state index contributed by atoms with van der Waals surface area (Å²) in [5.74, 6) is -0.351. The number of carboxylic acids is 1. The minimum absolute atomic E-state index is 0.0443. The summed E-state index contributed by atoms with van der Waals surface area (Å²) in [6.07, 6.45) is -4.53. The largest absolute Gasteiger partial charge is 0.489 e. The van der Waals surface area contributed by atoms with Crippen molar-refractivity contribution in [2.75, 3.05) is 0 Å². The van der Waals surface area contributed by atoms with Gasteiger partial charge in [-0.25, -0.2) is 0 Å². The summed E-state index contributed by atoms with van der Waals surface area (Å²) >= 11 is 0. The number of alkyl halides is 3. The predicted molar refractivity (Wildman–Crippen MR) is 109 cm³/mol. The van der Waals surface area contributed by atoms with Gasteiger partial charge in [0.1, 0.15) is 17.9 Å². The van der Waals surface area contributed by atoms with Gasteiger partial charge in [-0.2, -0.15) is 18.3 Å². The lowest BCUT2D eigenvalue weighted by Crippen LogP contribution is -2.05. The van der Waals surface area contributed by atoms with Gasteiger partial charge in [0.2, 0.25) is 0 Å². The Kier molecular flexibility index (Phi) is 5.37. The molecule has 2 N–H and O–H groups in total. The van der Waals surface area contributed by atoms with Crippen LogP contribution in [0, 0.1) is 0 Å². The van der Waals surface area contributed by atoms with Crippen LogP contribution in [0.5, 0.6) is 5.75 Å². The van der Waals surface area contributed by atoms with Crippen LogP contribution in [0.25, 0.3) is 22.2 Å². The fraction of sp³-hybridized carbons (Fsp3) is 0.130. The van der Waals surface area contributed by atoms with Crippen LogP contribution >= 0.6 is 0 Å². The van der Waals surface area contributed by atoms with Crippen molar-refractivity contribution in [3.8, 4) is 17.0 Å². The Morgan fingerprint density at radius 2 is 1.71 bits per heavy atom. The van der Waals surface area contributed by atoms with Gasteiger partial charge in [0.15, 0.2) is 0 Å². The van der Waals surface area contributed by atoms with Crippen molar-refractivity contribution in [3.05, 3.63) is 83.4 Å². The molecule has 4 aromatic rings. The number of carbonyl (C=O) groups is 1. The number of carboxylic acid groups (broad SMARTS) is 1. The number of aromatic nitrogens is 2. The molecule has 0 spiro atoms. The molecular weight excluding hydrogens is 409 g/mol. The zero-order valence-electron chi connectivity index (χ0n) is 16.1. The second-order valence-electron chi connectivity index (χ2n) is 7.00. The molecule has 8 heteroatoms. The van der Waals surface area contributed by atoms with Crippen molar-refractivity contribution in [3.63, 3.8) is 0 Å². The van der Waals surface area contributed by atoms with Crippen molar-refractivity contribution in [2.45, 2.75) is 19.2 Å². The second-order valence-corrected chi connectivity index (χ2v) is 7.00. The molecule has 0 saturated heterocycles. The van der Waals surface area contributed by atoms with Crippen LogP contribution in [-0.2, 0) is 24.0 Å². The lowest BCUT2D eigenvalue weighted by atomic mass is 10.0. The lowest BCUT2D eigenvalue weighted by molar-refractivity contribution is -0.137. The fourth-order valence-corrected chi connectivity index (χ4v) is 3.32. The van der Waals surface area contributed by atoms with Crippen LogP contribution in [0.15, 0.2) is 66.7 Å². The molecule has 0 radical (unpaired) electrons. The van der Waals surface area contributed by atoms with Gasteiger partial charge in [-0.3, -0.25) is 9.89 Å². The molecule has 5 nitrogen and oxygen atoms in total. The summed E-state index contributed by atoms with van der Waals surface area (Å²) in [6, 6.07) is 18.0. The van der Waals surface area contributed by atoms with Crippen LogP contribution in [0.2, 0.25) is 0 Å². The number of nitrogens with zero attached hydrogens (tertiary/aromatic N) is 1. The summed E-state index contributed by atoms with van der Waals surface area (Å²) in [5.41, 5.74) is 1.77. The first-order chi connectivity index (χ1) is 14.8. The highest BCUT2D eigenvalue weighted by Crippen LogP contribution is 2.37. The standard InChI is InChI=1S/C23H17F3N2O3/c24-23(25,26)19-6-2-5-18-21(27-28-22(18)19)16-3-1-4-17(12-16)31-13-15-9-7-14(8-10-15)11-20(29)30/h1-10,12H,11,13H2,(H,27,28)(H,29,30). The molecule has 0 aliphatic rings. The highest BCUT2D eigenvalue weighted by atomic mass is 19.4. The van der Waals surface area contributed by atoms with Crippen LogP contribution in [0.3, 0.4) is 0 Å². The number of halogens is 3. The summed E-state index contributed by atoms with van der Waals surface area (Å²) in [4.78, 5) is 10.8. The van der Waals surface area contributed by atoms with E-state index in [1.165, 1.54) is 6.07 Å². The molecule has 4 rings (SSSR count). The molecule has 0 atom stereocenters. The number of para-hydroxylation sites is 1. The molecule has 0 amide bonds. The molecule has 1 heterocycles. The topological polar surface area (TPSA) is 75.2 Å². The third kappa shape index (κ3) is 4.53. The first kappa shape index (κ1) is 20.5. The van der Waals surface area contributed by atoms with E-state index < -0.39 is 17.7 Å². The van der Waals surface area contributed by atoms with Crippen molar-refractivity contribution >= 4 is 16.9 Å². The Morgan fingerprint density at radius 1 is 1.00 bits per heavy atom. The van der Waals surface area contributed by atoms with E-state index in [2.05, 4.69) is 10.2 Å². The lowest BCUT2D eigenvalue weighted by Gasteiger charge is -2.09. The number of hydrogen-bond donors (Lipinski definition) is 2. The number of hydrogen-bond acceptors (Lipinski definition) is 3. The van der Waals surface area contributed by atoms with E-state index in [0.29, 0.717) is 28.0 Å². The van der Waals surface area contributed by atoms with Gasteiger partial charge in [-0.15, -0.1) is 0 Å². The minimum Gasteiger partial charge on any atom is -0.489 e. The molecule has 3 aromatic carbocycles. The van der Waals surface area contributed by atoms with Gasteiger partial charge in [0, 0.05) is 10.9 Å². The Bertz CT molecular complexity index is 1230. The van der Waals surface area contributed by atoms with E-state index in [0.717, 1.165) is 11.6 Å². The highest BCUT2D eigenvalue weighted by molar-refractivity contribution is 5.95. The molecular formula is C23H17F3N2O3. The normalized spacial score (nSPS) is 11.6. The SMILES string of the molecule is O=C(O)Cc1ccc(COc2cccc(-c3[nH]nc4c(C(F)(F)F)cccc34)c2)cc1. The fourth-order valence-electron chi connectivity index (χ4n) is 3.32. The number of ether oxygens (including phenoxy) is 1. The average molecular weight is 426 g/mol. The van der Waals surface area contributed by atoms with Crippen molar-refractivity contribution < 1.29 is 27.8 Å². The monoisotopic (exact) mass is 426 g/mol. The first-order valence-electron chi connectivity index (χ1n) is 9.38. The summed E-state index contributed by atoms with van der Waals surface area (Å²) in [6.45, 7) is 0.263. The Balaban J connectivity index is 1.55. The van der Waals surface area contributed by atoms with E-state index in [4.69, 9.17) is 9.84 Å². The summed E-state index contributed by atoms with van der Waals surface area (Å²) < 4.78 is 45.5. The Labute approximate surface area is 175 Å². The van der Waals surface area contributed by atoms with Gasteiger partial charge in [0.05, 0.1) is 17.7 Å². The van der Waals surface area contributed by atoms with Crippen molar-refractivity contribution in [1.29, 1.82) is 0 Å². The molecule has 0 unspecified atom stereocenters. The summed E-state index contributed by atoms with van der Waals surface area (Å²) in [5, 5.41) is 15.8. The van der Waals surface area contributed by atoms with Crippen molar-refractivity contribution in [1.82, 2.24) is 10.2 Å². The zero-order valence-corrected chi connectivity index (χ0v) is 16.1. The van der Waals surface area contributed by atoms with Crippen LogP contribution in [-0.4, -0.2) is 21.3 Å². The average Bonchev–Trinajstić information content (AvgIpc) is 3.16. The molecule has 0 fully saturated rings.